The number of benzene rings is 1. The summed E-state index contributed by atoms with van der Waals surface area (Å²) in [7, 11) is 0. The van der Waals surface area contributed by atoms with Gasteiger partial charge in [0.15, 0.2) is 0 Å². The van der Waals surface area contributed by atoms with Gasteiger partial charge in [-0.3, -0.25) is 0 Å². The van der Waals surface area contributed by atoms with Crippen LogP contribution in [0.3, 0.4) is 0 Å². The summed E-state index contributed by atoms with van der Waals surface area (Å²) in [6.07, 6.45) is 0.506. The van der Waals surface area contributed by atoms with Crippen molar-refractivity contribution < 1.29 is 9.84 Å². The van der Waals surface area contributed by atoms with Crippen LogP contribution < -0.4 is 4.90 Å². The molecular formula is C13H18BrNO2. The average molecular weight is 300 g/mol. The van der Waals surface area contributed by atoms with Gasteiger partial charge in [0.1, 0.15) is 0 Å². The molecule has 0 saturated carbocycles. The summed E-state index contributed by atoms with van der Waals surface area (Å²) in [6, 6.07) is 5.99. The fourth-order valence-corrected chi connectivity index (χ4v) is 2.96. The van der Waals surface area contributed by atoms with Gasteiger partial charge in [0.05, 0.1) is 24.5 Å². The van der Waals surface area contributed by atoms with Crippen LogP contribution in [-0.2, 0) is 11.3 Å². The van der Waals surface area contributed by atoms with Crippen LogP contribution in [0.25, 0.3) is 0 Å². The smallest absolute Gasteiger partial charge is 0.0726 e. The van der Waals surface area contributed by atoms with E-state index in [2.05, 4.69) is 40.7 Å². The lowest BCUT2D eigenvalue weighted by atomic mass is 10.1. The van der Waals surface area contributed by atoms with Crippen LogP contribution in [0, 0.1) is 0 Å². The van der Waals surface area contributed by atoms with Crippen molar-refractivity contribution in [3.8, 4) is 0 Å². The highest BCUT2D eigenvalue weighted by atomic mass is 79.9. The third-order valence-corrected chi connectivity index (χ3v) is 3.59. The van der Waals surface area contributed by atoms with Gasteiger partial charge in [0.25, 0.3) is 0 Å². The van der Waals surface area contributed by atoms with E-state index in [1.165, 1.54) is 5.69 Å². The summed E-state index contributed by atoms with van der Waals surface area (Å²) >= 11 is 3.57. The van der Waals surface area contributed by atoms with Crippen LogP contribution in [0.2, 0.25) is 0 Å². The molecule has 0 radical (unpaired) electrons. The summed E-state index contributed by atoms with van der Waals surface area (Å²) in [5, 5.41) is 9.09. The summed E-state index contributed by atoms with van der Waals surface area (Å²) in [5.74, 6) is 0. The number of morpholine rings is 1. The zero-order valence-corrected chi connectivity index (χ0v) is 11.8. The molecule has 0 aliphatic carbocycles. The normalized spacial score (nSPS) is 25.1. The molecule has 0 aromatic heterocycles. The molecule has 3 nitrogen and oxygen atoms in total. The van der Waals surface area contributed by atoms with Gasteiger partial charge >= 0.3 is 0 Å². The molecule has 2 rings (SSSR count). The lowest BCUT2D eigenvalue weighted by Gasteiger charge is -2.37. The Hall–Kier alpha value is -0.580. The van der Waals surface area contributed by atoms with Gasteiger partial charge in [-0.1, -0.05) is 6.07 Å². The molecule has 1 fully saturated rings. The van der Waals surface area contributed by atoms with Gasteiger partial charge in [0, 0.05) is 17.6 Å². The molecule has 0 unspecified atom stereocenters. The van der Waals surface area contributed by atoms with Gasteiger partial charge in [-0.25, -0.2) is 0 Å². The highest BCUT2D eigenvalue weighted by Gasteiger charge is 2.23. The van der Waals surface area contributed by atoms with E-state index in [0.29, 0.717) is 0 Å². The quantitative estimate of drug-likeness (QED) is 0.911. The van der Waals surface area contributed by atoms with E-state index >= 15 is 0 Å². The van der Waals surface area contributed by atoms with Crippen LogP contribution in [0.15, 0.2) is 22.7 Å². The van der Waals surface area contributed by atoms with Crippen molar-refractivity contribution in [3.63, 3.8) is 0 Å². The maximum Gasteiger partial charge on any atom is 0.0726 e. The number of aliphatic hydroxyl groups excluding tert-OH is 1. The second kappa shape index (κ2) is 5.38. The molecule has 1 aromatic rings. The molecule has 1 saturated heterocycles. The maximum absolute atomic E-state index is 9.09. The third-order valence-electron chi connectivity index (χ3n) is 2.95. The number of hydrogen-bond donors (Lipinski definition) is 1. The Bertz CT molecular complexity index is 387. The SMILES string of the molecule is C[C@@H]1CN(c2ccc(CO)cc2Br)C[C@H](C)O1. The minimum absolute atomic E-state index is 0.0782. The fourth-order valence-electron chi connectivity index (χ4n) is 2.28. The monoisotopic (exact) mass is 299 g/mol. The van der Waals surface area contributed by atoms with Gasteiger partial charge in [0.2, 0.25) is 0 Å². The first-order valence-corrected chi connectivity index (χ1v) is 6.69. The standard InChI is InChI=1S/C13H18BrNO2/c1-9-6-15(7-10(2)17-9)13-4-3-11(8-16)5-12(13)14/h3-5,9-10,16H,6-8H2,1-2H3/t9-,10+. The molecule has 94 valence electrons. The molecule has 1 aromatic carbocycles. The number of halogens is 1. The summed E-state index contributed by atoms with van der Waals surface area (Å²) in [6.45, 7) is 6.08. The second-order valence-corrected chi connectivity index (χ2v) is 5.46. The minimum Gasteiger partial charge on any atom is -0.392 e. The highest BCUT2D eigenvalue weighted by Crippen LogP contribution is 2.29. The first kappa shape index (κ1) is 12.9. The van der Waals surface area contributed by atoms with Crippen molar-refractivity contribution >= 4 is 21.6 Å². The summed E-state index contributed by atoms with van der Waals surface area (Å²) < 4.78 is 6.76. The Balaban J connectivity index is 2.21. The number of ether oxygens (including phenoxy) is 1. The molecular weight excluding hydrogens is 282 g/mol. The molecule has 1 N–H and O–H groups in total. The van der Waals surface area contributed by atoms with Crippen LogP contribution >= 0.6 is 15.9 Å². The van der Waals surface area contributed by atoms with Crippen molar-refractivity contribution in [1.82, 2.24) is 0 Å². The summed E-state index contributed by atoms with van der Waals surface area (Å²) in [5.41, 5.74) is 2.10. The van der Waals surface area contributed by atoms with E-state index in [4.69, 9.17) is 9.84 Å². The molecule has 1 aliphatic heterocycles. The van der Waals surface area contributed by atoms with Gasteiger partial charge in [-0.2, -0.15) is 0 Å². The predicted octanol–water partition coefficient (Wildman–Crippen LogP) is 2.56. The van der Waals surface area contributed by atoms with E-state index in [-0.39, 0.29) is 18.8 Å². The van der Waals surface area contributed by atoms with Crippen LogP contribution in [0.1, 0.15) is 19.4 Å². The Morgan fingerprint density at radius 3 is 2.53 bits per heavy atom. The number of hydrogen-bond acceptors (Lipinski definition) is 3. The first-order chi connectivity index (χ1) is 8.10. The maximum atomic E-state index is 9.09. The minimum atomic E-state index is 0.0782. The topological polar surface area (TPSA) is 32.7 Å². The van der Waals surface area contributed by atoms with Gasteiger partial charge in [-0.05, 0) is 47.5 Å². The van der Waals surface area contributed by atoms with E-state index < -0.39 is 0 Å². The van der Waals surface area contributed by atoms with Crippen LogP contribution in [-0.4, -0.2) is 30.4 Å². The molecule has 4 heteroatoms. The van der Waals surface area contributed by atoms with Crippen molar-refractivity contribution in [2.24, 2.45) is 0 Å². The van der Waals surface area contributed by atoms with Crippen LogP contribution in [0.5, 0.6) is 0 Å². The van der Waals surface area contributed by atoms with Gasteiger partial charge in [-0.15, -0.1) is 0 Å². The molecule has 0 bridgehead atoms. The number of rotatable bonds is 2. The molecule has 1 aliphatic rings. The van der Waals surface area contributed by atoms with Crippen molar-refractivity contribution in [3.05, 3.63) is 28.2 Å². The van der Waals surface area contributed by atoms with Crippen molar-refractivity contribution in [2.45, 2.75) is 32.7 Å². The Morgan fingerprint density at radius 2 is 2.00 bits per heavy atom. The van der Waals surface area contributed by atoms with E-state index in [1.807, 2.05) is 12.1 Å². The molecule has 2 atom stereocenters. The second-order valence-electron chi connectivity index (χ2n) is 4.61. The number of anilines is 1. The third kappa shape index (κ3) is 3.00. The largest absolute Gasteiger partial charge is 0.392 e. The first-order valence-electron chi connectivity index (χ1n) is 5.90. The molecule has 17 heavy (non-hydrogen) atoms. The Kier molecular flexibility index (Phi) is 4.07. The van der Waals surface area contributed by atoms with E-state index in [1.54, 1.807) is 0 Å². The number of aliphatic hydroxyl groups is 1. The number of nitrogens with zero attached hydrogens (tertiary/aromatic N) is 1. The predicted molar refractivity (Wildman–Crippen MR) is 72.3 cm³/mol. The highest BCUT2D eigenvalue weighted by molar-refractivity contribution is 9.10. The molecule has 1 heterocycles. The van der Waals surface area contributed by atoms with Crippen molar-refractivity contribution in [2.75, 3.05) is 18.0 Å². The fraction of sp³-hybridized carbons (Fsp3) is 0.538. The zero-order valence-electron chi connectivity index (χ0n) is 10.2. The lowest BCUT2D eigenvalue weighted by molar-refractivity contribution is -0.00525. The van der Waals surface area contributed by atoms with E-state index in [0.717, 1.165) is 23.1 Å². The average Bonchev–Trinajstić information content (AvgIpc) is 2.27. The lowest BCUT2D eigenvalue weighted by Crippen LogP contribution is -2.45. The molecule has 0 amide bonds. The van der Waals surface area contributed by atoms with E-state index in [9.17, 15) is 0 Å². The Labute approximate surface area is 111 Å². The van der Waals surface area contributed by atoms with Gasteiger partial charge < -0.3 is 14.7 Å². The zero-order chi connectivity index (χ0) is 12.4. The van der Waals surface area contributed by atoms with Crippen molar-refractivity contribution in [1.29, 1.82) is 0 Å². The van der Waals surface area contributed by atoms with Crippen LogP contribution in [0.4, 0.5) is 5.69 Å². The Morgan fingerprint density at radius 1 is 1.35 bits per heavy atom. The summed E-state index contributed by atoms with van der Waals surface area (Å²) in [4.78, 5) is 2.32. The molecule has 0 spiro atoms.